The van der Waals surface area contributed by atoms with Crippen molar-refractivity contribution in [2.24, 2.45) is 0 Å². The number of para-hydroxylation sites is 2. The van der Waals surface area contributed by atoms with Gasteiger partial charge < -0.3 is 5.32 Å². The largest absolute Gasteiger partial charge is 0.323 e. The minimum atomic E-state index is -0.773. The SMILES string of the molecule is Cc1ccccc1-n1ccn(CC(=O)Nc2ccccc2Cl)c(=O)c1=O. The first-order valence-corrected chi connectivity index (χ1v) is 8.27. The number of nitrogens with zero attached hydrogens (tertiary/aromatic N) is 2. The van der Waals surface area contributed by atoms with Crippen molar-refractivity contribution in [1.82, 2.24) is 9.13 Å². The van der Waals surface area contributed by atoms with Crippen LogP contribution >= 0.6 is 11.6 Å². The van der Waals surface area contributed by atoms with Crippen molar-refractivity contribution >= 4 is 23.2 Å². The van der Waals surface area contributed by atoms with Crippen molar-refractivity contribution in [2.45, 2.75) is 13.5 Å². The molecular formula is C19H16ClN3O3. The number of halogens is 1. The molecule has 1 heterocycles. The number of aryl methyl sites for hydroxylation is 1. The van der Waals surface area contributed by atoms with Crippen molar-refractivity contribution in [3.8, 4) is 5.69 Å². The van der Waals surface area contributed by atoms with Crippen molar-refractivity contribution in [1.29, 1.82) is 0 Å². The number of benzene rings is 2. The molecule has 0 spiro atoms. The molecule has 132 valence electrons. The fourth-order valence-electron chi connectivity index (χ4n) is 2.56. The van der Waals surface area contributed by atoms with Gasteiger partial charge in [0.2, 0.25) is 5.91 Å². The number of carbonyl (C=O) groups is 1. The predicted molar refractivity (Wildman–Crippen MR) is 101 cm³/mol. The quantitative estimate of drug-likeness (QED) is 0.718. The number of carbonyl (C=O) groups excluding carboxylic acids is 1. The van der Waals surface area contributed by atoms with Gasteiger partial charge >= 0.3 is 11.1 Å². The van der Waals surface area contributed by atoms with E-state index in [0.717, 1.165) is 10.1 Å². The molecule has 6 nitrogen and oxygen atoms in total. The van der Waals surface area contributed by atoms with E-state index in [0.29, 0.717) is 16.4 Å². The van der Waals surface area contributed by atoms with Gasteiger partial charge in [-0.15, -0.1) is 0 Å². The summed E-state index contributed by atoms with van der Waals surface area (Å²) in [4.78, 5) is 36.9. The molecule has 7 heteroatoms. The Morgan fingerprint density at radius 3 is 2.42 bits per heavy atom. The molecule has 0 radical (unpaired) electrons. The van der Waals surface area contributed by atoms with E-state index in [2.05, 4.69) is 5.32 Å². The number of hydrogen-bond donors (Lipinski definition) is 1. The van der Waals surface area contributed by atoms with Gasteiger partial charge in [0, 0.05) is 12.4 Å². The van der Waals surface area contributed by atoms with Gasteiger partial charge in [-0.05, 0) is 30.7 Å². The van der Waals surface area contributed by atoms with Gasteiger partial charge in [0.15, 0.2) is 0 Å². The normalized spacial score (nSPS) is 10.5. The smallest absolute Gasteiger partial charge is 0.320 e. The summed E-state index contributed by atoms with van der Waals surface area (Å²) in [6, 6.07) is 14.0. The van der Waals surface area contributed by atoms with Gasteiger partial charge in [-0.1, -0.05) is 41.9 Å². The summed E-state index contributed by atoms with van der Waals surface area (Å²) in [6.07, 6.45) is 2.90. The molecule has 1 N–H and O–H groups in total. The third kappa shape index (κ3) is 3.60. The van der Waals surface area contributed by atoms with Crippen molar-refractivity contribution in [3.63, 3.8) is 0 Å². The summed E-state index contributed by atoms with van der Waals surface area (Å²) in [5.74, 6) is -0.451. The maximum absolute atomic E-state index is 12.4. The molecule has 1 amide bonds. The molecule has 26 heavy (non-hydrogen) atoms. The van der Waals surface area contributed by atoms with E-state index in [4.69, 9.17) is 11.6 Å². The van der Waals surface area contributed by atoms with E-state index >= 15 is 0 Å². The van der Waals surface area contributed by atoms with Gasteiger partial charge in [0.25, 0.3) is 0 Å². The molecule has 0 aliphatic rings. The molecule has 0 unspecified atom stereocenters. The van der Waals surface area contributed by atoms with Gasteiger partial charge in [-0.3, -0.25) is 23.5 Å². The third-order valence-electron chi connectivity index (χ3n) is 3.90. The van der Waals surface area contributed by atoms with E-state index in [1.807, 2.05) is 19.1 Å². The summed E-state index contributed by atoms with van der Waals surface area (Å²) in [6.45, 7) is 1.57. The Labute approximate surface area is 154 Å². The maximum atomic E-state index is 12.4. The van der Waals surface area contributed by atoms with E-state index < -0.39 is 17.0 Å². The van der Waals surface area contributed by atoms with Crippen LogP contribution in [0.2, 0.25) is 5.02 Å². The minimum Gasteiger partial charge on any atom is -0.323 e. The zero-order chi connectivity index (χ0) is 18.7. The fourth-order valence-corrected chi connectivity index (χ4v) is 2.75. The van der Waals surface area contributed by atoms with Crippen molar-refractivity contribution in [3.05, 3.63) is 92.2 Å². The van der Waals surface area contributed by atoms with Crippen LogP contribution in [0.4, 0.5) is 5.69 Å². The number of hydrogen-bond acceptors (Lipinski definition) is 3. The highest BCUT2D eigenvalue weighted by Gasteiger charge is 2.12. The number of rotatable bonds is 4. The highest BCUT2D eigenvalue weighted by atomic mass is 35.5. The maximum Gasteiger partial charge on any atom is 0.320 e. The molecule has 0 fully saturated rings. The molecular weight excluding hydrogens is 354 g/mol. The minimum absolute atomic E-state index is 0.284. The Morgan fingerprint density at radius 2 is 1.69 bits per heavy atom. The zero-order valence-corrected chi connectivity index (χ0v) is 14.7. The first kappa shape index (κ1) is 17.7. The molecule has 2 aromatic carbocycles. The van der Waals surface area contributed by atoms with E-state index in [9.17, 15) is 14.4 Å². The highest BCUT2D eigenvalue weighted by Crippen LogP contribution is 2.20. The monoisotopic (exact) mass is 369 g/mol. The summed E-state index contributed by atoms with van der Waals surface area (Å²) < 4.78 is 2.35. The van der Waals surface area contributed by atoms with Crippen LogP contribution in [0.1, 0.15) is 5.56 Å². The number of anilines is 1. The van der Waals surface area contributed by atoms with Crippen LogP contribution < -0.4 is 16.4 Å². The lowest BCUT2D eigenvalue weighted by Gasteiger charge is -2.11. The lowest BCUT2D eigenvalue weighted by Crippen LogP contribution is -2.41. The number of amides is 1. The standard InChI is InChI=1S/C19H16ClN3O3/c1-13-6-2-5-9-16(13)23-11-10-22(18(25)19(23)26)12-17(24)21-15-8-4-3-7-14(15)20/h2-11H,12H2,1H3,(H,21,24). The molecule has 3 rings (SSSR count). The fraction of sp³-hybridized carbons (Fsp3) is 0.105. The Kier molecular flexibility index (Phi) is 5.04. The van der Waals surface area contributed by atoms with E-state index in [1.54, 1.807) is 36.4 Å². The average molecular weight is 370 g/mol. The number of aromatic nitrogens is 2. The molecule has 0 aliphatic heterocycles. The van der Waals surface area contributed by atoms with Crippen LogP contribution in [0, 0.1) is 6.92 Å². The van der Waals surface area contributed by atoms with E-state index in [-0.39, 0.29) is 6.54 Å². The molecule has 0 bridgehead atoms. The van der Waals surface area contributed by atoms with Crippen LogP contribution in [0.25, 0.3) is 5.69 Å². The van der Waals surface area contributed by atoms with Gasteiger partial charge in [0.05, 0.1) is 16.4 Å². The van der Waals surface area contributed by atoms with Crippen molar-refractivity contribution in [2.75, 3.05) is 5.32 Å². The van der Waals surface area contributed by atoms with Gasteiger partial charge in [-0.2, -0.15) is 0 Å². The molecule has 1 aromatic heterocycles. The second-order valence-corrected chi connectivity index (χ2v) is 6.13. The molecule has 0 saturated carbocycles. The van der Waals surface area contributed by atoms with Crippen LogP contribution in [0.3, 0.4) is 0 Å². The average Bonchev–Trinajstić information content (AvgIpc) is 2.62. The summed E-state index contributed by atoms with van der Waals surface area (Å²) >= 11 is 5.99. The van der Waals surface area contributed by atoms with Crippen LogP contribution in [0.5, 0.6) is 0 Å². The Hall–Kier alpha value is -3.12. The molecule has 0 aliphatic carbocycles. The second kappa shape index (κ2) is 7.41. The predicted octanol–water partition coefficient (Wildman–Crippen LogP) is 2.60. The topological polar surface area (TPSA) is 73.1 Å². The summed E-state index contributed by atoms with van der Waals surface area (Å²) in [7, 11) is 0. The summed E-state index contributed by atoms with van der Waals surface area (Å²) in [5.41, 5.74) is 0.448. The lowest BCUT2D eigenvalue weighted by atomic mass is 10.2. The Balaban J connectivity index is 1.86. The lowest BCUT2D eigenvalue weighted by molar-refractivity contribution is -0.116. The highest BCUT2D eigenvalue weighted by molar-refractivity contribution is 6.33. The van der Waals surface area contributed by atoms with Crippen LogP contribution in [-0.4, -0.2) is 15.0 Å². The molecule has 0 atom stereocenters. The van der Waals surface area contributed by atoms with E-state index in [1.165, 1.54) is 17.0 Å². The Bertz CT molecular complexity index is 1090. The molecule has 0 saturated heterocycles. The third-order valence-corrected chi connectivity index (χ3v) is 4.22. The van der Waals surface area contributed by atoms with Gasteiger partial charge in [-0.25, -0.2) is 0 Å². The Morgan fingerprint density at radius 1 is 1.00 bits per heavy atom. The second-order valence-electron chi connectivity index (χ2n) is 5.72. The van der Waals surface area contributed by atoms with Gasteiger partial charge in [0.1, 0.15) is 6.54 Å². The first-order valence-electron chi connectivity index (χ1n) is 7.90. The number of nitrogens with one attached hydrogen (secondary N) is 1. The zero-order valence-electron chi connectivity index (χ0n) is 14.0. The molecule has 3 aromatic rings. The van der Waals surface area contributed by atoms with Crippen LogP contribution in [-0.2, 0) is 11.3 Å². The first-order chi connectivity index (χ1) is 12.5. The summed E-state index contributed by atoms with van der Waals surface area (Å²) in [5, 5.41) is 3.01. The van der Waals surface area contributed by atoms with Crippen LogP contribution in [0.15, 0.2) is 70.5 Å². The van der Waals surface area contributed by atoms with Crippen molar-refractivity contribution < 1.29 is 4.79 Å².